The summed E-state index contributed by atoms with van der Waals surface area (Å²) in [5.41, 5.74) is 9.31. The number of rotatable bonds is 2. The fourth-order valence-electron chi connectivity index (χ4n) is 0.978. The molecule has 0 aliphatic rings. The SMILES string of the molecule is COC(=O)c1ccc(C(=O)OC)cc1.NC(N)=O. The van der Waals surface area contributed by atoms with Crippen molar-refractivity contribution in [2.75, 3.05) is 14.2 Å². The van der Waals surface area contributed by atoms with Gasteiger partial charge in [0.1, 0.15) is 0 Å². The maximum absolute atomic E-state index is 11.0. The van der Waals surface area contributed by atoms with Crippen molar-refractivity contribution < 1.29 is 23.9 Å². The van der Waals surface area contributed by atoms with E-state index in [1.807, 2.05) is 0 Å². The summed E-state index contributed by atoms with van der Waals surface area (Å²) in [6.07, 6.45) is 0. The molecule has 0 aliphatic carbocycles. The molecule has 1 aromatic carbocycles. The molecule has 1 rings (SSSR count). The van der Waals surface area contributed by atoms with Crippen LogP contribution in [0.4, 0.5) is 4.79 Å². The number of hydrogen-bond donors (Lipinski definition) is 2. The molecule has 7 nitrogen and oxygen atoms in total. The van der Waals surface area contributed by atoms with Crippen LogP contribution in [0.2, 0.25) is 0 Å². The summed E-state index contributed by atoms with van der Waals surface area (Å²) >= 11 is 0. The topological polar surface area (TPSA) is 122 Å². The maximum atomic E-state index is 11.0. The lowest BCUT2D eigenvalue weighted by atomic mass is 10.1. The Morgan fingerprint density at radius 1 is 0.833 bits per heavy atom. The Balaban J connectivity index is 0.000000631. The van der Waals surface area contributed by atoms with Crippen molar-refractivity contribution in [3.63, 3.8) is 0 Å². The van der Waals surface area contributed by atoms with Crippen molar-refractivity contribution in [2.45, 2.75) is 0 Å². The van der Waals surface area contributed by atoms with Gasteiger partial charge in [0.25, 0.3) is 0 Å². The molecule has 0 aliphatic heterocycles. The molecular weight excluding hydrogens is 240 g/mol. The van der Waals surface area contributed by atoms with Gasteiger partial charge in [-0.25, -0.2) is 14.4 Å². The zero-order valence-corrected chi connectivity index (χ0v) is 10.0. The molecule has 0 heterocycles. The van der Waals surface area contributed by atoms with Crippen LogP contribution in [0.1, 0.15) is 20.7 Å². The van der Waals surface area contributed by atoms with Crippen molar-refractivity contribution in [1.29, 1.82) is 0 Å². The Kier molecular flexibility index (Phi) is 6.57. The summed E-state index contributed by atoms with van der Waals surface area (Å²) in [7, 11) is 2.60. The number of urea groups is 1. The minimum atomic E-state index is -0.833. The molecule has 0 saturated carbocycles. The van der Waals surface area contributed by atoms with Crippen molar-refractivity contribution in [3.05, 3.63) is 35.4 Å². The van der Waals surface area contributed by atoms with Crippen molar-refractivity contribution in [3.8, 4) is 0 Å². The molecule has 98 valence electrons. The first-order valence-corrected chi connectivity index (χ1v) is 4.74. The molecule has 0 atom stereocenters. The van der Waals surface area contributed by atoms with Gasteiger partial charge in [-0.05, 0) is 24.3 Å². The van der Waals surface area contributed by atoms with E-state index in [1.165, 1.54) is 38.5 Å². The average Bonchev–Trinajstić information content (AvgIpc) is 2.36. The fraction of sp³-hybridized carbons (Fsp3) is 0.182. The molecule has 1 aromatic rings. The second-order valence-electron chi connectivity index (χ2n) is 2.96. The molecule has 0 fully saturated rings. The highest BCUT2D eigenvalue weighted by atomic mass is 16.5. The molecule has 0 aromatic heterocycles. The van der Waals surface area contributed by atoms with E-state index in [4.69, 9.17) is 4.79 Å². The molecule has 0 radical (unpaired) electrons. The molecule has 2 amide bonds. The monoisotopic (exact) mass is 254 g/mol. The summed E-state index contributed by atoms with van der Waals surface area (Å²) in [5.74, 6) is -0.858. The van der Waals surface area contributed by atoms with Crippen LogP contribution in [-0.4, -0.2) is 32.2 Å². The lowest BCUT2D eigenvalue weighted by Crippen LogP contribution is -2.18. The van der Waals surface area contributed by atoms with E-state index in [0.29, 0.717) is 11.1 Å². The Hall–Kier alpha value is -2.57. The highest BCUT2D eigenvalue weighted by Crippen LogP contribution is 2.06. The second kappa shape index (κ2) is 7.66. The van der Waals surface area contributed by atoms with Crippen LogP contribution in [0.15, 0.2) is 24.3 Å². The minimum absolute atomic E-state index is 0.403. The third kappa shape index (κ3) is 5.50. The summed E-state index contributed by atoms with van der Waals surface area (Å²) < 4.78 is 9.02. The van der Waals surface area contributed by atoms with Gasteiger partial charge in [0.05, 0.1) is 25.3 Å². The Morgan fingerprint density at radius 3 is 1.22 bits per heavy atom. The summed E-state index contributed by atoms with van der Waals surface area (Å²) in [6.45, 7) is 0. The van der Waals surface area contributed by atoms with Crippen LogP contribution in [0.5, 0.6) is 0 Å². The Labute approximate surface area is 104 Å². The summed E-state index contributed by atoms with van der Waals surface area (Å²) in [4.78, 5) is 31.1. The smallest absolute Gasteiger partial charge is 0.337 e. The third-order valence-electron chi connectivity index (χ3n) is 1.73. The van der Waals surface area contributed by atoms with E-state index >= 15 is 0 Å². The van der Waals surface area contributed by atoms with Gasteiger partial charge in [0.2, 0.25) is 0 Å². The van der Waals surface area contributed by atoms with E-state index in [2.05, 4.69) is 20.9 Å². The lowest BCUT2D eigenvalue weighted by molar-refractivity contribution is 0.0586. The van der Waals surface area contributed by atoms with E-state index in [1.54, 1.807) is 0 Å². The third-order valence-corrected chi connectivity index (χ3v) is 1.73. The quantitative estimate of drug-likeness (QED) is 0.734. The normalized spacial score (nSPS) is 8.56. The number of esters is 2. The van der Waals surface area contributed by atoms with Gasteiger partial charge in [-0.3, -0.25) is 0 Å². The zero-order chi connectivity index (χ0) is 14.1. The number of hydrogen-bond acceptors (Lipinski definition) is 5. The predicted molar refractivity (Wildman–Crippen MR) is 62.9 cm³/mol. The van der Waals surface area contributed by atoms with E-state index in [-0.39, 0.29) is 0 Å². The molecule has 0 saturated heterocycles. The van der Waals surface area contributed by atoms with Crippen LogP contribution in [-0.2, 0) is 9.47 Å². The van der Waals surface area contributed by atoms with E-state index < -0.39 is 18.0 Å². The van der Waals surface area contributed by atoms with E-state index in [0.717, 1.165) is 0 Å². The molecule has 0 unspecified atom stereocenters. The first-order chi connectivity index (χ1) is 8.42. The highest BCUT2D eigenvalue weighted by molar-refractivity contribution is 5.93. The molecular formula is C11H14N2O5. The molecule has 4 N–H and O–H groups in total. The second-order valence-corrected chi connectivity index (χ2v) is 2.96. The van der Waals surface area contributed by atoms with Gasteiger partial charge in [0.15, 0.2) is 0 Å². The minimum Gasteiger partial charge on any atom is -0.465 e. The van der Waals surface area contributed by atoms with Crippen LogP contribution in [0.25, 0.3) is 0 Å². The first-order valence-electron chi connectivity index (χ1n) is 4.74. The van der Waals surface area contributed by atoms with Crippen LogP contribution in [0, 0.1) is 0 Å². The van der Waals surface area contributed by atoms with Crippen LogP contribution in [0.3, 0.4) is 0 Å². The number of carbonyl (C=O) groups is 3. The van der Waals surface area contributed by atoms with Crippen molar-refractivity contribution >= 4 is 18.0 Å². The number of methoxy groups -OCH3 is 2. The number of nitrogens with two attached hydrogens (primary N) is 2. The number of ether oxygens (including phenoxy) is 2. The average molecular weight is 254 g/mol. The highest BCUT2D eigenvalue weighted by Gasteiger charge is 2.08. The fourth-order valence-corrected chi connectivity index (χ4v) is 0.978. The zero-order valence-electron chi connectivity index (χ0n) is 10.0. The molecule has 0 bridgehead atoms. The Morgan fingerprint density at radius 2 is 1.06 bits per heavy atom. The van der Waals surface area contributed by atoms with Gasteiger partial charge in [-0.15, -0.1) is 0 Å². The molecule has 18 heavy (non-hydrogen) atoms. The van der Waals surface area contributed by atoms with Gasteiger partial charge in [-0.1, -0.05) is 0 Å². The van der Waals surface area contributed by atoms with Crippen molar-refractivity contribution in [1.82, 2.24) is 0 Å². The number of carbonyl (C=O) groups excluding carboxylic acids is 3. The van der Waals surface area contributed by atoms with Gasteiger partial charge >= 0.3 is 18.0 Å². The molecule has 0 spiro atoms. The van der Waals surface area contributed by atoms with E-state index in [9.17, 15) is 9.59 Å². The molecule has 7 heteroatoms. The van der Waals surface area contributed by atoms with Gasteiger partial charge < -0.3 is 20.9 Å². The number of benzene rings is 1. The Bertz CT molecular complexity index is 389. The maximum Gasteiger partial charge on any atom is 0.337 e. The summed E-state index contributed by atoms with van der Waals surface area (Å²) in [6, 6.07) is 5.21. The number of amides is 2. The van der Waals surface area contributed by atoms with Gasteiger partial charge in [0, 0.05) is 0 Å². The van der Waals surface area contributed by atoms with Crippen LogP contribution >= 0.6 is 0 Å². The largest absolute Gasteiger partial charge is 0.465 e. The predicted octanol–water partition coefficient (Wildman–Crippen LogP) is 0.284. The first kappa shape index (κ1) is 15.4. The number of primary amides is 2. The summed E-state index contributed by atoms with van der Waals surface area (Å²) in [5, 5.41) is 0. The van der Waals surface area contributed by atoms with Gasteiger partial charge in [-0.2, -0.15) is 0 Å². The lowest BCUT2D eigenvalue weighted by Gasteiger charge is -2.00. The van der Waals surface area contributed by atoms with Crippen molar-refractivity contribution in [2.24, 2.45) is 11.5 Å². The van der Waals surface area contributed by atoms with Crippen LogP contribution < -0.4 is 11.5 Å². The standard InChI is InChI=1S/C10H10O4.CH4N2O/c1-13-9(11)7-3-5-8(6-4-7)10(12)14-2;2-1(3)4/h3-6H,1-2H3;(H4,2,3,4).